The van der Waals surface area contributed by atoms with Crippen molar-refractivity contribution in [1.29, 1.82) is 0 Å². The van der Waals surface area contributed by atoms with Gasteiger partial charge in [-0.3, -0.25) is 0 Å². The molecule has 0 spiro atoms. The van der Waals surface area contributed by atoms with Gasteiger partial charge in [-0.05, 0) is 36.6 Å². The van der Waals surface area contributed by atoms with Gasteiger partial charge in [0.25, 0.3) is 0 Å². The second kappa shape index (κ2) is 4.27. The Labute approximate surface area is 77.7 Å². The van der Waals surface area contributed by atoms with Gasteiger partial charge >= 0.3 is 0 Å². The highest BCUT2D eigenvalue weighted by atomic mass is 14.5. The van der Waals surface area contributed by atoms with E-state index >= 15 is 0 Å². The van der Waals surface area contributed by atoms with Crippen molar-refractivity contribution in [3.05, 3.63) is 0 Å². The Morgan fingerprint density at radius 3 is 1.83 bits per heavy atom. The third-order valence-corrected chi connectivity index (χ3v) is 2.07. The maximum Gasteiger partial charge on any atom is -0.00771 e. The predicted octanol–water partition coefficient (Wildman–Crippen LogP) is 3.19. The minimum atomic E-state index is 0.443. The van der Waals surface area contributed by atoms with Gasteiger partial charge in [-0.2, -0.15) is 0 Å². The van der Waals surface area contributed by atoms with Crippen molar-refractivity contribution in [2.75, 3.05) is 6.54 Å². The lowest BCUT2D eigenvalue weighted by atomic mass is 9.74. The Bertz CT molecular complexity index is 119. The molecule has 0 saturated heterocycles. The molecule has 0 aromatic carbocycles. The number of hydrogen-bond donors (Lipinski definition) is 1. The maximum absolute atomic E-state index is 5.50. The van der Waals surface area contributed by atoms with Crippen LogP contribution in [0, 0.1) is 10.8 Å². The topological polar surface area (TPSA) is 26.0 Å². The zero-order valence-corrected chi connectivity index (χ0v) is 9.41. The summed E-state index contributed by atoms with van der Waals surface area (Å²) in [5, 5.41) is 0. The van der Waals surface area contributed by atoms with Crippen molar-refractivity contribution < 1.29 is 0 Å². The molecule has 0 radical (unpaired) electrons. The molecule has 0 rings (SSSR count). The van der Waals surface area contributed by atoms with E-state index in [4.69, 9.17) is 5.73 Å². The van der Waals surface area contributed by atoms with Crippen molar-refractivity contribution in [3.63, 3.8) is 0 Å². The predicted molar refractivity (Wildman–Crippen MR) is 56.1 cm³/mol. The fourth-order valence-corrected chi connectivity index (χ4v) is 2.10. The molecule has 0 aromatic rings. The van der Waals surface area contributed by atoms with Crippen LogP contribution in [0.3, 0.4) is 0 Å². The summed E-state index contributed by atoms with van der Waals surface area (Å²) in [6, 6.07) is 0. The smallest absolute Gasteiger partial charge is 0.00771 e. The summed E-state index contributed by atoms with van der Waals surface area (Å²) in [5.41, 5.74) is 6.40. The van der Waals surface area contributed by atoms with Gasteiger partial charge in [0.2, 0.25) is 0 Å². The first-order valence-electron chi connectivity index (χ1n) is 4.97. The molecule has 2 N–H and O–H groups in total. The number of nitrogens with two attached hydrogens (primary N) is 1. The van der Waals surface area contributed by atoms with Crippen LogP contribution in [-0.4, -0.2) is 6.54 Å². The fourth-order valence-electron chi connectivity index (χ4n) is 2.10. The molecule has 0 fully saturated rings. The molecule has 1 heteroatoms. The van der Waals surface area contributed by atoms with E-state index in [0.717, 1.165) is 13.0 Å². The van der Waals surface area contributed by atoms with Gasteiger partial charge in [0, 0.05) is 0 Å². The van der Waals surface area contributed by atoms with E-state index in [-0.39, 0.29) is 0 Å². The van der Waals surface area contributed by atoms with E-state index in [1.807, 2.05) is 0 Å². The molecule has 1 nitrogen and oxygen atoms in total. The molecule has 0 bridgehead atoms. The van der Waals surface area contributed by atoms with E-state index in [1.54, 1.807) is 0 Å². The highest BCUT2D eigenvalue weighted by molar-refractivity contribution is 4.76. The van der Waals surface area contributed by atoms with Crippen LogP contribution in [0.15, 0.2) is 0 Å². The molecule has 0 aliphatic carbocycles. The lowest BCUT2D eigenvalue weighted by Gasteiger charge is -2.32. The van der Waals surface area contributed by atoms with E-state index in [2.05, 4.69) is 34.6 Å². The normalized spacial score (nSPS) is 13.5. The van der Waals surface area contributed by atoms with E-state index in [0.29, 0.717) is 10.8 Å². The van der Waals surface area contributed by atoms with Gasteiger partial charge in [-0.25, -0.2) is 0 Å². The molecule has 0 aliphatic heterocycles. The van der Waals surface area contributed by atoms with Crippen molar-refractivity contribution in [3.8, 4) is 0 Å². The van der Waals surface area contributed by atoms with Gasteiger partial charge in [-0.15, -0.1) is 0 Å². The van der Waals surface area contributed by atoms with Crippen LogP contribution in [0.2, 0.25) is 0 Å². The van der Waals surface area contributed by atoms with Crippen molar-refractivity contribution in [2.24, 2.45) is 16.6 Å². The Balaban J connectivity index is 3.86. The Morgan fingerprint density at radius 1 is 1.00 bits per heavy atom. The molecular weight excluding hydrogens is 146 g/mol. The summed E-state index contributed by atoms with van der Waals surface area (Å²) < 4.78 is 0. The van der Waals surface area contributed by atoms with Crippen molar-refractivity contribution >= 4 is 0 Å². The standard InChI is InChI=1S/C11H25N/c1-10(2,3)9-11(4,5)7-6-8-12/h6-9,12H2,1-5H3. The Kier molecular flexibility index (Phi) is 4.25. The summed E-state index contributed by atoms with van der Waals surface area (Å²) in [7, 11) is 0. The van der Waals surface area contributed by atoms with Crippen LogP contribution in [-0.2, 0) is 0 Å². The fraction of sp³-hybridized carbons (Fsp3) is 1.00. The first-order valence-corrected chi connectivity index (χ1v) is 4.97. The van der Waals surface area contributed by atoms with Crippen LogP contribution in [0.1, 0.15) is 53.9 Å². The van der Waals surface area contributed by atoms with Crippen LogP contribution >= 0.6 is 0 Å². The summed E-state index contributed by atoms with van der Waals surface area (Å²) >= 11 is 0. The van der Waals surface area contributed by atoms with Crippen LogP contribution < -0.4 is 5.73 Å². The van der Waals surface area contributed by atoms with E-state index in [1.165, 1.54) is 12.8 Å². The Morgan fingerprint density at radius 2 is 1.50 bits per heavy atom. The monoisotopic (exact) mass is 171 g/mol. The second-order valence-electron chi connectivity index (χ2n) is 5.79. The van der Waals surface area contributed by atoms with Crippen LogP contribution in [0.5, 0.6) is 0 Å². The quantitative estimate of drug-likeness (QED) is 0.690. The Hall–Kier alpha value is -0.0400. The first kappa shape index (κ1) is 12.0. The zero-order valence-electron chi connectivity index (χ0n) is 9.41. The van der Waals surface area contributed by atoms with E-state index in [9.17, 15) is 0 Å². The first-order chi connectivity index (χ1) is 5.27. The molecule has 0 amide bonds. The third kappa shape index (κ3) is 6.66. The molecule has 12 heavy (non-hydrogen) atoms. The van der Waals surface area contributed by atoms with Crippen LogP contribution in [0.25, 0.3) is 0 Å². The third-order valence-electron chi connectivity index (χ3n) is 2.07. The van der Waals surface area contributed by atoms with E-state index < -0.39 is 0 Å². The molecule has 74 valence electrons. The van der Waals surface area contributed by atoms with Gasteiger partial charge < -0.3 is 5.73 Å². The van der Waals surface area contributed by atoms with Crippen molar-refractivity contribution in [2.45, 2.75) is 53.9 Å². The molecule has 0 heterocycles. The summed E-state index contributed by atoms with van der Waals surface area (Å²) in [4.78, 5) is 0. The summed E-state index contributed by atoms with van der Waals surface area (Å²) in [6.45, 7) is 12.4. The minimum Gasteiger partial charge on any atom is -0.330 e. The van der Waals surface area contributed by atoms with Crippen LogP contribution in [0.4, 0.5) is 0 Å². The second-order valence-corrected chi connectivity index (χ2v) is 5.79. The van der Waals surface area contributed by atoms with Gasteiger partial charge in [0.05, 0.1) is 0 Å². The number of hydrogen-bond acceptors (Lipinski definition) is 1. The molecule has 0 saturated carbocycles. The molecule has 0 unspecified atom stereocenters. The molecule has 0 aliphatic rings. The maximum atomic E-state index is 5.50. The number of rotatable bonds is 4. The van der Waals surface area contributed by atoms with Gasteiger partial charge in [0.15, 0.2) is 0 Å². The average molecular weight is 171 g/mol. The lowest BCUT2D eigenvalue weighted by molar-refractivity contribution is 0.196. The van der Waals surface area contributed by atoms with Gasteiger partial charge in [-0.1, -0.05) is 34.6 Å². The zero-order chi connectivity index (χ0) is 9.83. The summed E-state index contributed by atoms with van der Waals surface area (Å²) in [5.74, 6) is 0. The largest absolute Gasteiger partial charge is 0.330 e. The van der Waals surface area contributed by atoms with Gasteiger partial charge in [0.1, 0.15) is 0 Å². The van der Waals surface area contributed by atoms with Crippen molar-refractivity contribution in [1.82, 2.24) is 0 Å². The molecular formula is C11H25N. The highest BCUT2D eigenvalue weighted by Crippen LogP contribution is 2.36. The average Bonchev–Trinajstić information content (AvgIpc) is 1.78. The SMILES string of the molecule is CC(C)(C)CC(C)(C)CCCN. The minimum absolute atomic E-state index is 0.443. The summed E-state index contributed by atoms with van der Waals surface area (Å²) in [6.07, 6.45) is 3.68. The molecule has 0 aromatic heterocycles. The lowest BCUT2D eigenvalue weighted by Crippen LogP contribution is -2.21. The molecule has 0 atom stereocenters. The highest BCUT2D eigenvalue weighted by Gasteiger charge is 2.24.